The van der Waals surface area contributed by atoms with Crippen LogP contribution >= 0.6 is 0 Å². The second-order valence-corrected chi connectivity index (χ2v) is 18.6. The minimum Gasteiger partial charge on any atom is -0.458 e. The molecule has 0 aliphatic carbocycles. The number of fused-ring (bicyclic) bond motifs is 6. The summed E-state index contributed by atoms with van der Waals surface area (Å²) in [4.78, 5) is 12.9. The molecule has 0 aromatic carbocycles. The molecule has 10 nitrogen and oxygen atoms in total. The molecule has 58 heavy (non-hydrogen) atoms. The minimum atomic E-state index is -0.789. The van der Waals surface area contributed by atoms with Gasteiger partial charge in [0.2, 0.25) is 0 Å². The Kier molecular flexibility index (Phi) is 17.2. The summed E-state index contributed by atoms with van der Waals surface area (Å²) in [5, 5.41) is 0. The van der Waals surface area contributed by atoms with Crippen molar-refractivity contribution in [3.63, 3.8) is 0 Å². The lowest BCUT2D eigenvalue weighted by Gasteiger charge is -2.47. The molecule has 10 heteroatoms. The van der Waals surface area contributed by atoms with Crippen molar-refractivity contribution in [2.75, 3.05) is 6.61 Å². The van der Waals surface area contributed by atoms with Gasteiger partial charge in [-0.25, -0.2) is 4.79 Å². The van der Waals surface area contributed by atoms with Gasteiger partial charge in [-0.2, -0.15) is 0 Å². The van der Waals surface area contributed by atoms with Gasteiger partial charge < -0.3 is 42.6 Å². The molecular weight excluding hydrogens is 737 g/mol. The summed E-state index contributed by atoms with van der Waals surface area (Å²) < 4.78 is 58.0. The summed E-state index contributed by atoms with van der Waals surface area (Å²) in [6, 6.07) is 0. The Morgan fingerprint density at radius 3 is 1.62 bits per heavy atom. The van der Waals surface area contributed by atoms with E-state index in [1.807, 2.05) is 78.0 Å². The van der Waals surface area contributed by atoms with E-state index >= 15 is 0 Å². The zero-order chi connectivity index (χ0) is 41.9. The first kappa shape index (κ1) is 46.7. The van der Waals surface area contributed by atoms with E-state index in [4.69, 9.17) is 42.6 Å². The zero-order valence-electron chi connectivity index (χ0n) is 37.0. The highest BCUT2D eigenvalue weighted by Crippen LogP contribution is 2.39. The molecule has 0 saturated carbocycles. The van der Waals surface area contributed by atoms with Gasteiger partial charge in [-0.1, -0.05) is 94.5 Å². The first-order valence-corrected chi connectivity index (χ1v) is 22.0. The number of carbonyl (C=O) groups is 1. The lowest BCUT2D eigenvalue weighted by Crippen LogP contribution is -2.51. The van der Waals surface area contributed by atoms with Gasteiger partial charge in [-0.15, -0.1) is 0 Å². The van der Waals surface area contributed by atoms with E-state index in [2.05, 4.69) is 52.0 Å². The first-order valence-electron chi connectivity index (χ1n) is 22.0. The fourth-order valence-corrected chi connectivity index (χ4v) is 8.99. The molecule has 0 spiro atoms. The van der Waals surface area contributed by atoms with Crippen molar-refractivity contribution in [2.45, 2.75) is 200 Å². The average Bonchev–Trinajstić information content (AvgIpc) is 3.11. The Hall–Kier alpha value is -2.41. The van der Waals surface area contributed by atoms with Crippen LogP contribution < -0.4 is 0 Å². The molecule has 6 bridgehead atoms. The first-order chi connectivity index (χ1) is 27.4. The highest BCUT2D eigenvalue weighted by molar-refractivity contribution is 5.82. The number of hydrogen-bond acceptors (Lipinski definition) is 10. The fourth-order valence-electron chi connectivity index (χ4n) is 8.99. The summed E-state index contributed by atoms with van der Waals surface area (Å²) in [7, 11) is 0. The maximum absolute atomic E-state index is 12.9. The number of hydrogen-bond donors (Lipinski definition) is 0. The van der Waals surface area contributed by atoms with Crippen molar-refractivity contribution in [2.24, 2.45) is 17.8 Å². The molecule has 0 amide bonds. The van der Waals surface area contributed by atoms with Crippen LogP contribution in [0.2, 0.25) is 0 Å². The standard InChI is InChI=1S/C48H74O10/c1-33(2)45-35(4)24-25-36(51-44-23-19-20-26-50-44)27-37-28-38(54-46(5,6)53-37)29-39-30-40(56-47(7,8)55-39)31-41-32-42(58-48(9,10)57-41)34(3)21-17-15-13-11-12-14-16-18-22-43(49)52-45/h11-18,21-22,24-25,33-42,44-45H,19-20,23,26-32H2,1-10H3/b12-11+,15-13+,16-14+,21-17-,22-18+,25-24+/t34-,35-,36-,37-,38+,39-,40+,41+,42+,44?,45-/m0/s1. The van der Waals surface area contributed by atoms with E-state index in [1.165, 1.54) is 6.08 Å². The number of esters is 1. The number of cyclic esters (lactones) is 1. The summed E-state index contributed by atoms with van der Waals surface area (Å²) in [5.41, 5.74) is 0. The van der Waals surface area contributed by atoms with Crippen LogP contribution in [-0.2, 0) is 47.4 Å². The highest BCUT2D eigenvalue weighted by atomic mass is 16.7. The second-order valence-electron chi connectivity index (χ2n) is 18.6. The van der Waals surface area contributed by atoms with Gasteiger partial charge in [-0.05, 0) is 66.7 Å². The van der Waals surface area contributed by atoms with Crippen LogP contribution in [-0.4, -0.2) is 85.1 Å². The van der Waals surface area contributed by atoms with Crippen LogP contribution in [0.1, 0.15) is 127 Å². The Morgan fingerprint density at radius 1 is 0.586 bits per heavy atom. The van der Waals surface area contributed by atoms with Gasteiger partial charge >= 0.3 is 5.97 Å². The number of rotatable bonds is 3. The molecule has 0 N–H and O–H groups in total. The molecule has 5 heterocycles. The van der Waals surface area contributed by atoms with Crippen LogP contribution in [0.25, 0.3) is 0 Å². The lowest BCUT2D eigenvalue weighted by atomic mass is 9.91. The molecule has 326 valence electrons. The second kappa shape index (κ2) is 21.4. The molecule has 0 aromatic heterocycles. The maximum atomic E-state index is 12.9. The van der Waals surface area contributed by atoms with Gasteiger partial charge in [-0.3, -0.25) is 0 Å². The van der Waals surface area contributed by atoms with Gasteiger partial charge in [0.15, 0.2) is 23.7 Å². The summed E-state index contributed by atoms with van der Waals surface area (Å²) in [6.45, 7) is 21.1. The van der Waals surface area contributed by atoms with Crippen molar-refractivity contribution >= 4 is 5.97 Å². The molecule has 0 aromatic rings. The monoisotopic (exact) mass is 811 g/mol. The molecule has 1 unspecified atom stereocenters. The van der Waals surface area contributed by atoms with Crippen LogP contribution in [0.15, 0.2) is 72.9 Å². The van der Waals surface area contributed by atoms with Crippen molar-refractivity contribution in [1.82, 2.24) is 0 Å². The summed E-state index contributed by atoms with van der Waals surface area (Å²) >= 11 is 0. The molecule has 11 atom stereocenters. The third-order valence-corrected chi connectivity index (χ3v) is 11.3. The van der Waals surface area contributed by atoms with Crippen molar-refractivity contribution < 1.29 is 47.4 Å². The van der Waals surface area contributed by atoms with E-state index in [9.17, 15) is 4.79 Å². The Balaban J connectivity index is 1.38. The molecule has 4 saturated heterocycles. The zero-order valence-corrected chi connectivity index (χ0v) is 37.0. The quantitative estimate of drug-likeness (QED) is 0.202. The van der Waals surface area contributed by atoms with E-state index < -0.39 is 17.4 Å². The smallest absolute Gasteiger partial charge is 0.331 e. The molecule has 5 aliphatic heterocycles. The summed E-state index contributed by atoms with van der Waals surface area (Å²) in [5.74, 6) is -2.39. The fraction of sp³-hybridized carbons (Fsp3) is 0.729. The van der Waals surface area contributed by atoms with Crippen molar-refractivity contribution in [3.8, 4) is 0 Å². The third kappa shape index (κ3) is 15.6. The van der Waals surface area contributed by atoms with Crippen LogP contribution in [0.4, 0.5) is 0 Å². The van der Waals surface area contributed by atoms with Gasteiger partial charge in [0, 0.05) is 63.0 Å². The largest absolute Gasteiger partial charge is 0.458 e. The molecule has 5 rings (SSSR count). The number of allylic oxidation sites excluding steroid dienone is 8. The van der Waals surface area contributed by atoms with Crippen molar-refractivity contribution in [1.29, 1.82) is 0 Å². The Bertz CT molecular complexity index is 1470. The van der Waals surface area contributed by atoms with Crippen LogP contribution in [0, 0.1) is 17.8 Å². The topological polar surface area (TPSA) is 100 Å². The van der Waals surface area contributed by atoms with Gasteiger partial charge in [0.25, 0.3) is 0 Å². The highest BCUT2D eigenvalue weighted by Gasteiger charge is 2.44. The van der Waals surface area contributed by atoms with E-state index in [0.29, 0.717) is 19.4 Å². The normalized spacial score (nSPS) is 41.2. The van der Waals surface area contributed by atoms with E-state index in [-0.39, 0.29) is 78.8 Å². The number of ether oxygens (including phenoxy) is 9. The predicted octanol–water partition coefficient (Wildman–Crippen LogP) is 9.99. The average molecular weight is 811 g/mol. The van der Waals surface area contributed by atoms with Gasteiger partial charge in [0.05, 0.1) is 42.7 Å². The maximum Gasteiger partial charge on any atom is 0.331 e. The Labute approximate surface area is 349 Å². The third-order valence-electron chi connectivity index (χ3n) is 11.3. The number of carbonyl (C=O) groups excluding carboxylic acids is 1. The summed E-state index contributed by atoms with van der Waals surface area (Å²) in [6.07, 6.45) is 29.3. The van der Waals surface area contributed by atoms with Crippen molar-refractivity contribution in [3.05, 3.63) is 72.9 Å². The molecule has 0 radical (unpaired) electrons. The van der Waals surface area contributed by atoms with E-state index in [1.54, 1.807) is 6.08 Å². The molecule has 4 fully saturated rings. The van der Waals surface area contributed by atoms with Gasteiger partial charge in [0.1, 0.15) is 6.10 Å². The Morgan fingerprint density at radius 2 is 1.09 bits per heavy atom. The predicted molar refractivity (Wildman–Crippen MR) is 226 cm³/mol. The molecular formula is C48H74O10. The lowest BCUT2D eigenvalue weighted by molar-refractivity contribution is -0.336. The van der Waals surface area contributed by atoms with E-state index in [0.717, 1.165) is 44.9 Å². The molecule has 5 aliphatic rings. The van der Waals surface area contributed by atoms with Crippen LogP contribution in [0.3, 0.4) is 0 Å². The SMILES string of the molecule is CC(C)[C@@H]1OC(=O)/C=C/C=C/C=C/C=C/C=C\[C@H](C)[C@H]2C[C@@H](C[C@H]3C[C@H](C[C@H]4C[C@H](C[C@@H](OC5CCCCO5)/C=C/[C@@H]1C)OC(C)(C)O4)OC(C)(C)O3)OC(C)(C)O2. The minimum absolute atomic E-state index is 0.000461. The van der Waals surface area contributed by atoms with Crippen LogP contribution in [0.5, 0.6) is 0 Å².